The molecule has 2 aromatic carbocycles. The van der Waals surface area contributed by atoms with E-state index in [1.165, 1.54) is 12.1 Å². The first-order valence-electron chi connectivity index (χ1n) is 12.6. The van der Waals surface area contributed by atoms with Gasteiger partial charge in [-0.25, -0.2) is 8.42 Å². The van der Waals surface area contributed by atoms with E-state index in [1.807, 2.05) is 45.0 Å². The summed E-state index contributed by atoms with van der Waals surface area (Å²) in [4.78, 5) is 28.2. The topological polar surface area (TPSA) is 96.0 Å². The van der Waals surface area contributed by atoms with Gasteiger partial charge in [-0.15, -0.1) is 0 Å². The summed E-state index contributed by atoms with van der Waals surface area (Å²) in [5.41, 5.74) is 1.07. The minimum Gasteiger partial charge on any atom is -0.497 e. The normalized spacial score (nSPS) is 12.9. The lowest BCUT2D eigenvalue weighted by Crippen LogP contribution is -2.50. The van der Waals surface area contributed by atoms with E-state index in [0.717, 1.165) is 22.5 Å². The van der Waals surface area contributed by atoms with Crippen molar-refractivity contribution in [2.24, 2.45) is 0 Å². The number of benzene rings is 2. The molecule has 0 radical (unpaired) electrons. The van der Waals surface area contributed by atoms with Gasteiger partial charge in [0.15, 0.2) is 0 Å². The zero-order valence-corrected chi connectivity index (χ0v) is 24.9. The first kappa shape index (κ1) is 31.7. The minimum atomic E-state index is -3.70. The Kier molecular flexibility index (Phi) is 12.2. The van der Waals surface area contributed by atoms with Crippen molar-refractivity contribution in [1.29, 1.82) is 0 Å². The van der Waals surface area contributed by atoms with E-state index in [4.69, 9.17) is 27.9 Å². The minimum absolute atomic E-state index is 0.0213. The number of carbonyl (C=O) groups excluding carboxylic acids is 2. The van der Waals surface area contributed by atoms with Crippen LogP contribution in [0.4, 0.5) is 5.69 Å². The van der Waals surface area contributed by atoms with Crippen LogP contribution < -0.4 is 14.4 Å². The lowest BCUT2D eigenvalue weighted by Gasteiger charge is -2.32. The Morgan fingerprint density at radius 2 is 1.79 bits per heavy atom. The predicted octanol–water partition coefficient (Wildman–Crippen LogP) is 5.27. The molecule has 0 aromatic heterocycles. The van der Waals surface area contributed by atoms with Gasteiger partial charge in [-0.1, -0.05) is 49.2 Å². The number of nitrogens with one attached hydrogen (secondary N) is 1. The van der Waals surface area contributed by atoms with E-state index in [9.17, 15) is 18.0 Å². The maximum atomic E-state index is 13.6. The third kappa shape index (κ3) is 9.06. The highest BCUT2D eigenvalue weighted by Gasteiger charge is 2.29. The highest BCUT2D eigenvalue weighted by Crippen LogP contribution is 2.31. The monoisotopic (exact) mass is 585 g/mol. The molecule has 0 aliphatic rings. The summed E-state index contributed by atoms with van der Waals surface area (Å²) in [5.74, 6) is 0.167. The van der Waals surface area contributed by atoms with E-state index >= 15 is 0 Å². The average Bonchev–Trinajstić information content (AvgIpc) is 2.87. The van der Waals surface area contributed by atoms with Crippen molar-refractivity contribution < 1.29 is 22.7 Å². The van der Waals surface area contributed by atoms with Gasteiger partial charge in [-0.3, -0.25) is 13.9 Å². The first-order valence-corrected chi connectivity index (χ1v) is 15.2. The van der Waals surface area contributed by atoms with Gasteiger partial charge in [0, 0.05) is 30.6 Å². The van der Waals surface area contributed by atoms with Crippen LogP contribution in [0.2, 0.25) is 10.0 Å². The van der Waals surface area contributed by atoms with Crippen LogP contribution in [-0.4, -0.2) is 57.1 Å². The van der Waals surface area contributed by atoms with Gasteiger partial charge in [-0.05, 0) is 62.1 Å². The summed E-state index contributed by atoms with van der Waals surface area (Å²) in [6.07, 6.45) is 2.51. The largest absolute Gasteiger partial charge is 0.497 e. The summed E-state index contributed by atoms with van der Waals surface area (Å²) < 4.78 is 31.6. The van der Waals surface area contributed by atoms with Crippen molar-refractivity contribution >= 4 is 50.7 Å². The van der Waals surface area contributed by atoms with Crippen molar-refractivity contribution in [1.82, 2.24) is 10.2 Å². The van der Waals surface area contributed by atoms with Gasteiger partial charge in [0.05, 0.1) is 24.1 Å². The highest BCUT2D eigenvalue weighted by molar-refractivity contribution is 7.92. The molecule has 0 aliphatic heterocycles. The number of carbonyl (C=O) groups is 2. The molecule has 2 aromatic rings. The molecule has 8 nitrogen and oxygen atoms in total. The SMILES string of the molecule is CCC(C)NC(=O)C(CC)N(Cc1cccc(OC)c1)C(=O)CCCN(c1cc(Cl)ccc1Cl)S(C)(=O)=O. The fraction of sp³-hybridized carbons (Fsp3) is 0.481. The zero-order valence-electron chi connectivity index (χ0n) is 22.5. The van der Waals surface area contributed by atoms with Crippen molar-refractivity contribution in [3.63, 3.8) is 0 Å². The molecule has 0 heterocycles. The molecule has 0 saturated heterocycles. The van der Waals surface area contributed by atoms with Crippen LogP contribution in [-0.2, 0) is 26.2 Å². The number of anilines is 1. The standard InChI is InChI=1S/C27H37Cl2N3O5S/c1-6-19(3)30-27(34)24(7-2)31(18-20-10-8-11-22(16-20)37-4)26(33)12-9-15-32(38(5,35)36)25-17-21(28)13-14-23(25)29/h8,10-11,13-14,16-17,19,24H,6-7,9,12,15,18H2,1-5H3,(H,30,34). The second kappa shape index (κ2) is 14.6. The average molecular weight is 587 g/mol. The van der Waals surface area contributed by atoms with Crippen LogP contribution >= 0.6 is 23.2 Å². The second-order valence-electron chi connectivity index (χ2n) is 9.15. The third-order valence-corrected chi connectivity index (χ3v) is 7.94. The molecule has 2 rings (SSSR count). The number of halogens is 2. The van der Waals surface area contributed by atoms with Gasteiger partial charge in [0.1, 0.15) is 11.8 Å². The Bertz CT molecular complexity index is 1210. The molecule has 38 heavy (non-hydrogen) atoms. The molecule has 0 bridgehead atoms. The Labute approximate surface area is 236 Å². The molecule has 2 amide bonds. The molecule has 0 spiro atoms. The molecule has 1 N–H and O–H groups in total. The van der Waals surface area contributed by atoms with Crippen LogP contribution in [0.1, 0.15) is 52.0 Å². The molecular formula is C27H37Cl2N3O5S. The molecule has 0 saturated carbocycles. The number of nitrogens with zero attached hydrogens (tertiary/aromatic N) is 2. The van der Waals surface area contributed by atoms with Crippen LogP contribution in [0, 0.1) is 0 Å². The summed E-state index contributed by atoms with van der Waals surface area (Å²) in [7, 11) is -2.13. The zero-order chi connectivity index (χ0) is 28.5. The second-order valence-corrected chi connectivity index (χ2v) is 11.9. The summed E-state index contributed by atoms with van der Waals surface area (Å²) >= 11 is 12.3. The quantitative estimate of drug-likeness (QED) is 0.326. The van der Waals surface area contributed by atoms with E-state index in [2.05, 4.69) is 5.32 Å². The number of ether oxygens (including phenoxy) is 1. The maximum Gasteiger partial charge on any atom is 0.243 e. The van der Waals surface area contributed by atoms with Gasteiger partial charge in [0.2, 0.25) is 21.8 Å². The maximum absolute atomic E-state index is 13.6. The number of hydrogen-bond acceptors (Lipinski definition) is 5. The fourth-order valence-corrected chi connectivity index (χ4v) is 5.39. The van der Waals surface area contributed by atoms with Crippen molar-refractivity contribution in [2.75, 3.05) is 24.2 Å². The summed E-state index contributed by atoms with van der Waals surface area (Å²) in [5, 5.41) is 3.56. The van der Waals surface area contributed by atoms with Gasteiger partial charge in [0.25, 0.3) is 0 Å². The van der Waals surface area contributed by atoms with Crippen LogP contribution in [0.15, 0.2) is 42.5 Å². The lowest BCUT2D eigenvalue weighted by atomic mass is 10.1. The Balaban J connectivity index is 2.28. The molecule has 11 heteroatoms. The van der Waals surface area contributed by atoms with Crippen molar-refractivity contribution in [3.05, 3.63) is 58.1 Å². The number of hydrogen-bond donors (Lipinski definition) is 1. The van der Waals surface area contributed by atoms with E-state index in [0.29, 0.717) is 17.2 Å². The molecule has 2 atom stereocenters. The smallest absolute Gasteiger partial charge is 0.243 e. The van der Waals surface area contributed by atoms with E-state index in [1.54, 1.807) is 18.1 Å². The number of rotatable bonds is 14. The Morgan fingerprint density at radius 1 is 1.08 bits per heavy atom. The molecule has 210 valence electrons. The van der Waals surface area contributed by atoms with Crippen LogP contribution in [0.3, 0.4) is 0 Å². The molecule has 0 aliphatic carbocycles. The number of sulfonamides is 1. The lowest BCUT2D eigenvalue weighted by molar-refractivity contribution is -0.141. The third-order valence-electron chi connectivity index (χ3n) is 6.20. The summed E-state index contributed by atoms with van der Waals surface area (Å²) in [6.45, 7) is 5.98. The van der Waals surface area contributed by atoms with E-state index < -0.39 is 16.1 Å². The predicted molar refractivity (Wildman–Crippen MR) is 153 cm³/mol. The molecule has 2 unspecified atom stereocenters. The number of methoxy groups -OCH3 is 1. The molecule has 0 fully saturated rings. The van der Waals surface area contributed by atoms with Crippen LogP contribution in [0.25, 0.3) is 0 Å². The number of amides is 2. The summed E-state index contributed by atoms with van der Waals surface area (Å²) in [6, 6.07) is 11.2. The van der Waals surface area contributed by atoms with Gasteiger partial charge >= 0.3 is 0 Å². The van der Waals surface area contributed by atoms with Gasteiger partial charge in [-0.2, -0.15) is 0 Å². The Morgan fingerprint density at radius 3 is 2.39 bits per heavy atom. The highest BCUT2D eigenvalue weighted by atomic mass is 35.5. The first-order chi connectivity index (χ1) is 17.9. The van der Waals surface area contributed by atoms with Crippen molar-refractivity contribution in [2.45, 2.75) is 65.1 Å². The van der Waals surface area contributed by atoms with Gasteiger partial charge < -0.3 is 15.0 Å². The fourth-order valence-electron chi connectivity index (χ4n) is 3.99. The van der Waals surface area contributed by atoms with Crippen LogP contribution in [0.5, 0.6) is 5.75 Å². The Hall–Kier alpha value is -2.49. The molecular weight excluding hydrogens is 549 g/mol. The van der Waals surface area contributed by atoms with E-state index in [-0.39, 0.29) is 54.5 Å². The van der Waals surface area contributed by atoms with Crippen molar-refractivity contribution in [3.8, 4) is 5.75 Å².